The summed E-state index contributed by atoms with van der Waals surface area (Å²) in [7, 11) is 0. The van der Waals surface area contributed by atoms with Crippen LogP contribution in [0.15, 0.2) is 15.2 Å². The van der Waals surface area contributed by atoms with E-state index < -0.39 is 0 Å². The van der Waals surface area contributed by atoms with Gasteiger partial charge in [0.1, 0.15) is 5.76 Å². The Bertz CT molecular complexity index is 222. The van der Waals surface area contributed by atoms with Gasteiger partial charge in [-0.25, -0.2) is 0 Å². The third kappa shape index (κ3) is 1.59. The molecule has 56 valence electrons. The number of hydrazine groups is 1. The molecule has 1 rings (SSSR count). The van der Waals surface area contributed by atoms with Crippen molar-refractivity contribution in [3.63, 3.8) is 0 Å². The molecule has 4 heteroatoms. The fourth-order valence-electron chi connectivity index (χ4n) is 0.747. The van der Waals surface area contributed by atoms with Gasteiger partial charge in [0.05, 0.1) is 6.54 Å². The van der Waals surface area contributed by atoms with E-state index in [1.807, 2.05) is 13.0 Å². The largest absolute Gasteiger partial charge is 0.453 e. The monoisotopic (exact) mass is 204 g/mol. The van der Waals surface area contributed by atoms with Crippen LogP contribution in [0, 0.1) is 6.92 Å². The molecule has 0 aromatic carbocycles. The molecule has 0 saturated carbocycles. The van der Waals surface area contributed by atoms with E-state index in [2.05, 4.69) is 21.4 Å². The Balaban J connectivity index is 2.81. The second-order valence-corrected chi connectivity index (χ2v) is 2.82. The summed E-state index contributed by atoms with van der Waals surface area (Å²) in [5, 5.41) is 0. The summed E-state index contributed by atoms with van der Waals surface area (Å²) in [6, 6.07) is 1.91. The molecule has 0 fully saturated rings. The number of nitrogens with one attached hydrogen (secondary N) is 1. The van der Waals surface area contributed by atoms with E-state index in [-0.39, 0.29) is 0 Å². The van der Waals surface area contributed by atoms with Crippen molar-refractivity contribution in [2.75, 3.05) is 0 Å². The molecule has 1 aromatic rings. The zero-order chi connectivity index (χ0) is 7.56. The smallest absolute Gasteiger partial charge is 0.169 e. The second-order valence-electron chi connectivity index (χ2n) is 2.04. The summed E-state index contributed by atoms with van der Waals surface area (Å²) < 4.78 is 5.97. The van der Waals surface area contributed by atoms with Gasteiger partial charge in [0.15, 0.2) is 4.67 Å². The molecule has 0 bridgehead atoms. The molecule has 1 heterocycles. The van der Waals surface area contributed by atoms with E-state index in [4.69, 9.17) is 10.3 Å². The van der Waals surface area contributed by atoms with E-state index >= 15 is 0 Å². The Morgan fingerprint density at radius 1 is 1.80 bits per heavy atom. The summed E-state index contributed by atoms with van der Waals surface area (Å²) >= 11 is 3.22. The van der Waals surface area contributed by atoms with Gasteiger partial charge in [-0.1, -0.05) is 0 Å². The van der Waals surface area contributed by atoms with Gasteiger partial charge < -0.3 is 4.42 Å². The maximum Gasteiger partial charge on any atom is 0.169 e. The number of hydrogen-bond acceptors (Lipinski definition) is 3. The predicted octanol–water partition coefficient (Wildman–Crippen LogP) is 1.31. The first-order valence-electron chi connectivity index (χ1n) is 2.92. The molecule has 0 spiro atoms. The molecular formula is C6H9BrN2O. The number of nitrogens with two attached hydrogens (primary N) is 1. The Labute approximate surface area is 67.7 Å². The van der Waals surface area contributed by atoms with Gasteiger partial charge in [-0.2, -0.15) is 0 Å². The van der Waals surface area contributed by atoms with E-state index in [9.17, 15) is 0 Å². The van der Waals surface area contributed by atoms with Crippen LogP contribution in [0.1, 0.15) is 11.3 Å². The van der Waals surface area contributed by atoms with Crippen LogP contribution in [0.3, 0.4) is 0 Å². The van der Waals surface area contributed by atoms with Crippen molar-refractivity contribution in [3.8, 4) is 0 Å². The lowest BCUT2D eigenvalue weighted by Gasteiger charge is -1.93. The van der Waals surface area contributed by atoms with Crippen molar-refractivity contribution >= 4 is 15.9 Å². The predicted molar refractivity (Wildman–Crippen MR) is 42.2 cm³/mol. The Morgan fingerprint density at radius 3 is 2.90 bits per heavy atom. The van der Waals surface area contributed by atoms with Gasteiger partial charge in [0.2, 0.25) is 0 Å². The minimum absolute atomic E-state index is 0.567. The summed E-state index contributed by atoms with van der Waals surface area (Å²) in [5.41, 5.74) is 3.63. The molecule has 0 aliphatic rings. The SMILES string of the molecule is Cc1cc(Br)oc1CNN. The van der Waals surface area contributed by atoms with Crippen LogP contribution in [-0.2, 0) is 6.54 Å². The fourth-order valence-corrected chi connectivity index (χ4v) is 1.29. The van der Waals surface area contributed by atoms with Crippen LogP contribution in [0.5, 0.6) is 0 Å². The number of aryl methyl sites for hydroxylation is 1. The van der Waals surface area contributed by atoms with Gasteiger partial charge in [0.25, 0.3) is 0 Å². The van der Waals surface area contributed by atoms with Crippen molar-refractivity contribution in [2.45, 2.75) is 13.5 Å². The minimum atomic E-state index is 0.567. The quantitative estimate of drug-likeness (QED) is 0.565. The number of rotatable bonds is 2. The standard InChI is InChI=1S/C6H9BrN2O/c1-4-2-6(7)10-5(4)3-9-8/h2,9H,3,8H2,1H3. The maximum absolute atomic E-state index is 5.23. The van der Waals surface area contributed by atoms with Crippen LogP contribution < -0.4 is 11.3 Å². The van der Waals surface area contributed by atoms with Gasteiger partial charge in [-0.15, -0.1) is 0 Å². The third-order valence-electron chi connectivity index (χ3n) is 1.25. The average molecular weight is 205 g/mol. The zero-order valence-electron chi connectivity index (χ0n) is 5.65. The van der Waals surface area contributed by atoms with Crippen molar-refractivity contribution in [2.24, 2.45) is 5.84 Å². The molecule has 10 heavy (non-hydrogen) atoms. The highest BCUT2D eigenvalue weighted by molar-refractivity contribution is 9.10. The van der Waals surface area contributed by atoms with Crippen LogP contribution in [0.4, 0.5) is 0 Å². The Kier molecular flexibility index (Phi) is 2.48. The molecule has 1 aromatic heterocycles. The second kappa shape index (κ2) is 3.18. The highest BCUT2D eigenvalue weighted by Gasteiger charge is 2.02. The lowest BCUT2D eigenvalue weighted by molar-refractivity contribution is 0.467. The summed E-state index contributed by atoms with van der Waals surface area (Å²) in [5.74, 6) is 5.98. The fraction of sp³-hybridized carbons (Fsp3) is 0.333. The number of hydrogen-bond donors (Lipinski definition) is 2. The maximum atomic E-state index is 5.23. The van der Waals surface area contributed by atoms with Gasteiger partial charge >= 0.3 is 0 Å². The third-order valence-corrected chi connectivity index (χ3v) is 1.64. The minimum Gasteiger partial charge on any atom is -0.453 e. The van der Waals surface area contributed by atoms with Gasteiger partial charge in [-0.3, -0.25) is 11.3 Å². The van der Waals surface area contributed by atoms with E-state index in [1.165, 1.54) is 0 Å². The molecule has 0 atom stereocenters. The summed E-state index contributed by atoms with van der Waals surface area (Å²) in [6.07, 6.45) is 0. The topological polar surface area (TPSA) is 51.2 Å². The van der Waals surface area contributed by atoms with Crippen LogP contribution in [-0.4, -0.2) is 0 Å². The zero-order valence-corrected chi connectivity index (χ0v) is 7.23. The molecule has 0 unspecified atom stereocenters. The first-order chi connectivity index (χ1) is 4.74. The highest BCUT2D eigenvalue weighted by Crippen LogP contribution is 2.18. The molecule has 0 saturated heterocycles. The molecule has 3 N–H and O–H groups in total. The molecule has 0 amide bonds. The van der Waals surface area contributed by atoms with Crippen LogP contribution in [0.2, 0.25) is 0 Å². The lowest BCUT2D eigenvalue weighted by atomic mass is 10.3. The van der Waals surface area contributed by atoms with E-state index in [1.54, 1.807) is 0 Å². The van der Waals surface area contributed by atoms with E-state index in [0.29, 0.717) is 6.54 Å². The number of halogens is 1. The van der Waals surface area contributed by atoms with Crippen molar-refractivity contribution in [1.29, 1.82) is 0 Å². The van der Waals surface area contributed by atoms with Crippen molar-refractivity contribution in [3.05, 3.63) is 22.1 Å². The first kappa shape index (κ1) is 7.78. The molecule has 3 nitrogen and oxygen atoms in total. The number of furan rings is 1. The summed E-state index contributed by atoms with van der Waals surface area (Å²) in [4.78, 5) is 0. The summed E-state index contributed by atoms with van der Waals surface area (Å²) in [6.45, 7) is 2.54. The Hall–Kier alpha value is -0.320. The Morgan fingerprint density at radius 2 is 2.50 bits per heavy atom. The van der Waals surface area contributed by atoms with Crippen molar-refractivity contribution < 1.29 is 4.42 Å². The average Bonchev–Trinajstić information content (AvgIpc) is 2.13. The molecule has 0 aliphatic carbocycles. The van der Waals surface area contributed by atoms with E-state index in [0.717, 1.165) is 16.0 Å². The van der Waals surface area contributed by atoms with Gasteiger partial charge in [0, 0.05) is 0 Å². The molecule has 0 aliphatic heterocycles. The van der Waals surface area contributed by atoms with Crippen molar-refractivity contribution in [1.82, 2.24) is 5.43 Å². The normalized spacial score (nSPS) is 10.3. The van der Waals surface area contributed by atoms with Crippen LogP contribution >= 0.6 is 15.9 Å². The molecule has 0 radical (unpaired) electrons. The lowest BCUT2D eigenvalue weighted by Crippen LogP contribution is -2.20. The van der Waals surface area contributed by atoms with Gasteiger partial charge in [-0.05, 0) is 34.5 Å². The molecular weight excluding hydrogens is 196 g/mol. The van der Waals surface area contributed by atoms with Crippen LogP contribution in [0.25, 0.3) is 0 Å². The highest BCUT2D eigenvalue weighted by atomic mass is 79.9. The first-order valence-corrected chi connectivity index (χ1v) is 3.71.